The first kappa shape index (κ1) is 14.4. The highest BCUT2D eigenvalue weighted by atomic mass is 35.5. The third kappa shape index (κ3) is 2.79. The largest absolute Gasteiger partial charge is 0.383 e. The summed E-state index contributed by atoms with van der Waals surface area (Å²) in [6.07, 6.45) is 1.18. The maximum atomic E-state index is 3.50. The number of anilines is 2. The quantitative estimate of drug-likeness (QED) is 0.820. The second kappa shape index (κ2) is 6.34. The predicted octanol–water partition coefficient (Wildman–Crippen LogP) is 1.91. The molecule has 0 spiro atoms. The van der Waals surface area contributed by atoms with Gasteiger partial charge in [-0.3, -0.25) is 0 Å². The molecule has 0 aromatic heterocycles. The van der Waals surface area contributed by atoms with Gasteiger partial charge in [0.15, 0.2) is 0 Å². The third-order valence-electron chi connectivity index (χ3n) is 3.28. The Balaban J connectivity index is 0.000000722. The van der Waals surface area contributed by atoms with Crippen molar-refractivity contribution in [3.05, 3.63) is 23.8 Å². The van der Waals surface area contributed by atoms with Crippen molar-refractivity contribution in [1.82, 2.24) is 5.32 Å². The fraction of sp³-hybridized carbons (Fsp3) is 0.500. The van der Waals surface area contributed by atoms with Gasteiger partial charge >= 0.3 is 0 Å². The van der Waals surface area contributed by atoms with E-state index in [0.29, 0.717) is 0 Å². The number of nitrogens with zero attached hydrogens (tertiary/aromatic N) is 1. The van der Waals surface area contributed by atoms with Gasteiger partial charge in [0, 0.05) is 32.7 Å². The Morgan fingerprint density at radius 2 is 1.76 bits per heavy atom. The molecule has 2 N–H and O–H groups in total. The standard InChI is InChI=1S/C12H17N3.2ClH/c1-2-10-4-5-14-12(10)11(3-1)15-8-6-13-7-9-15;;/h1-3,13-14H,4-9H2;2*1H. The summed E-state index contributed by atoms with van der Waals surface area (Å²) in [7, 11) is 0. The summed E-state index contributed by atoms with van der Waals surface area (Å²) in [6.45, 7) is 5.54. The van der Waals surface area contributed by atoms with Crippen molar-refractivity contribution in [1.29, 1.82) is 0 Å². The molecule has 0 amide bonds. The lowest BCUT2D eigenvalue weighted by atomic mass is 10.1. The highest BCUT2D eigenvalue weighted by molar-refractivity contribution is 5.85. The number of benzene rings is 1. The van der Waals surface area contributed by atoms with Gasteiger partial charge in [0.1, 0.15) is 0 Å². The second-order valence-electron chi connectivity index (χ2n) is 4.23. The van der Waals surface area contributed by atoms with Crippen LogP contribution >= 0.6 is 24.8 Å². The normalized spacial score (nSPS) is 17.5. The highest BCUT2D eigenvalue weighted by Gasteiger charge is 2.18. The average Bonchev–Trinajstić information content (AvgIpc) is 2.78. The van der Waals surface area contributed by atoms with Crippen LogP contribution in [-0.4, -0.2) is 32.7 Å². The van der Waals surface area contributed by atoms with Gasteiger partial charge in [-0.1, -0.05) is 12.1 Å². The van der Waals surface area contributed by atoms with E-state index in [1.165, 1.54) is 23.4 Å². The van der Waals surface area contributed by atoms with Gasteiger partial charge in [-0.25, -0.2) is 0 Å². The highest BCUT2D eigenvalue weighted by Crippen LogP contribution is 2.33. The lowest BCUT2D eigenvalue weighted by Crippen LogP contribution is -2.43. The molecular formula is C12H19Cl2N3. The van der Waals surface area contributed by atoms with E-state index >= 15 is 0 Å². The SMILES string of the molecule is Cl.Cl.c1cc2c(c(N3CCNCC3)c1)NCC2. The fourth-order valence-electron chi connectivity index (χ4n) is 2.49. The van der Waals surface area contributed by atoms with Gasteiger partial charge in [-0.05, 0) is 18.1 Å². The van der Waals surface area contributed by atoms with Crippen LogP contribution in [-0.2, 0) is 6.42 Å². The van der Waals surface area contributed by atoms with Crippen LogP contribution in [0.2, 0.25) is 0 Å². The molecule has 5 heteroatoms. The van der Waals surface area contributed by atoms with Crippen molar-refractivity contribution in [2.75, 3.05) is 42.9 Å². The van der Waals surface area contributed by atoms with Crippen LogP contribution in [0, 0.1) is 0 Å². The maximum absolute atomic E-state index is 3.50. The molecule has 0 bridgehead atoms. The van der Waals surface area contributed by atoms with Crippen molar-refractivity contribution in [3.8, 4) is 0 Å². The van der Waals surface area contributed by atoms with Crippen molar-refractivity contribution >= 4 is 36.2 Å². The summed E-state index contributed by atoms with van der Waals surface area (Å²) in [4.78, 5) is 2.48. The molecule has 1 aromatic rings. The average molecular weight is 276 g/mol. The minimum Gasteiger partial charge on any atom is -0.383 e. The zero-order chi connectivity index (χ0) is 10.1. The Labute approximate surface area is 115 Å². The van der Waals surface area contributed by atoms with Crippen LogP contribution in [0.3, 0.4) is 0 Å². The maximum Gasteiger partial charge on any atom is 0.0611 e. The van der Waals surface area contributed by atoms with E-state index in [4.69, 9.17) is 0 Å². The Morgan fingerprint density at radius 1 is 1.00 bits per heavy atom. The number of rotatable bonds is 1. The van der Waals surface area contributed by atoms with E-state index in [0.717, 1.165) is 32.7 Å². The first-order valence-electron chi connectivity index (χ1n) is 5.76. The first-order chi connectivity index (χ1) is 7.45. The van der Waals surface area contributed by atoms with E-state index in [1.807, 2.05) is 0 Å². The lowest BCUT2D eigenvalue weighted by molar-refractivity contribution is 0.589. The van der Waals surface area contributed by atoms with E-state index in [2.05, 4.69) is 33.7 Å². The summed E-state index contributed by atoms with van der Waals surface area (Å²) < 4.78 is 0. The Morgan fingerprint density at radius 3 is 2.53 bits per heavy atom. The molecule has 17 heavy (non-hydrogen) atoms. The molecule has 0 atom stereocenters. The number of para-hydroxylation sites is 1. The fourth-order valence-corrected chi connectivity index (χ4v) is 2.49. The zero-order valence-corrected chi connectivity index (χ0v) is 11.4. The molecule has 3 rings (SSSR count). The van der Waals surface area contributed by atoms with Crippen LogP contribution in [0.1, 0.15) is 5.56 Å². The molecule has 1 fully saturated rings. The molecular weight excluding hydrogens is 257 g/mol. The van der Waals surface area contributed by atoms with Gasteiger partial charge in [0.05, 0.1) is 11.4 Å². The summed E-state index contributed by atoms with van der Waals surface area (Å²) in [5.41, 5.74) is 4.25. The van der Waals surface area contributed by atoms with Gasteiger partial charge in [0.2, 0.25) is 0 Å². The van der Waals surface area contributed by atoms with Crippen LogP contribution in [0.5, 0.6) is 0 Å². The number of halogens is 2. The molecule has 0 radical (unpaired) electrons. The van der Waals surface area contributed by atoms with Crippen LogP contribution in [0.4, 0.5) is 11.4 Å². The molecule has 0 aliphatic carbocycles. The predicted molar refractivity (Wildman–Crippen MR) is 78.2 cm³/mol. The number of piperazine rings is 1. The molecule has 1 aromatic carbocycles. The Bertz CT molecular complexity index is 365. The molecule has 2 heterocycles. The number of nitrogens with one attached hydrogen (secondary N) is 2. The van der Waals surface area contributed by atoms with Crippen LogP contribution < -0.4 is 15.5 Å². The third-order valence-corrected chi connectivity index (χ3v) is 3.28. The van der Waals surface area contributed by atoms with Gasteiger partial charge in [-0.15, -0.1) is 24.8 Å². The second-order valence-corrected chi connectivity index (χ2v) is 4.23. The van der Waals surface area contributed by atoms with Crippen molar-refractivity contribution in [2.45, 2.75) is 6.42 Å². The minimum absolute atomic E-state index is 0. The molecule has 3 nitrogen and oxygen atoms in total. The summed E-state index contributed by atoms with van der Waals surface area (Å²) >= 11 is 0. The molecule has 1 saturated heterocycles. The topological polar surface area (TPSA) is 27.3 Å². The number of hydrogen-bond donors (Lipinski definition) is 2. The summed E-state index contributed by atoms with van der Waals surface area (Å²) in [5, 5.41) is 6.89. The monoisotopic (exact) mass is 275 g/mol. The molecule has 0 unspecified atom stereocenters. The minimum atomic E-state index is 0. The van der Waals surface area contributed by atoms with E-state index in [9.17, 15) is 0 Å². The smallest absolute Gasteiger partial charge is 0.0611 e. The van der Waals surface area contributed by atoms with Crippen molar-refractivity contribution < 1.29 is 0 Å². The molecule has 2 aliphatic rings. The lowest BCUT2D eigenvalue weighted by Gasteiger charge is -2.31. The van der Waals surface area contributed by atoms with Crippen molar-refractivity contribution in [3.63, 3.8) is 0 Å². The number of fused-ring (bicyclic) bond motifs is 1. The van der Waals surface area contributed by atoms with Gasteiger partial charge in [0.25, 0.3) is 0 Å². The summed E-state index contributed by atoms with van der Waals surface area (Å²) in [5.74, 6) is 0. The Kier molecular flexibility index (Phi) is 5.37. The van der Waals surface area contributed by atoms with Gasteiger partial charge < -0.3 is 15.5 Å². The van der Waals surface area contributed by atoms with Crippen molar-refractivity contribution in [2.24, 2.45) is 0 Å². The van der Waals surface area contributed by atoms with Crippen LogP contribution in [0.25, 0.3) is 0 Å². The summed E-state index contributed by atoms with van der Waals surface area (Å²) in [6, 6.07) is 6.66. The molecule has 96 valence electrons. The number of hydrogen-bond acceptors (Lipinski definition) is 3. The van der Waals surface area contributed by atoms with E-state index < -0.39 is 0 Å². The zero-order valence-electron chi connectivity index (χ0n) is 9.74. The van der Waals surface area contributed by atoms with Crippen LogP contribution in [0.15, 0.2) is 18.2 Å². The molecule has 2 aliphatic heterocycles. The Hall–Kier alpha value is -0.640. The van der Waals surface area contributed by atoms with E-state index in [1.54, 1.807) is 0 Å². The van der Waals surface area contributed by atoms with E-state index in [-0.39, 0.29) is 24.8 Å². The first-order valence-corrected chi connectivity index (χ1v) is 5.76. The van der Waals surface area contributed by atoms with Gasteiger partial charge in [-0.2, -0.15) is 0 Å². The molecule has 0 saturated carbocycles.